The number of amides is 1. The first-order valence-corrected chi connectivity index (χ1v) is 9.99. The second kappa shape index (κ2) is 10.3. The number of benzene rings is 2. The SMILES string of the molecule is CCCCOc1ccccc1-c1cc(C(=O)NCc2ccccc2OCC)[nH]n1. The summed E-state index contributed by atoms with van der Waals surface area (Å²) in [6, 6.07) is 17.1. The number of carbonyl (C=O) groups excluding carboxylic acids is 1. The Morgan fingerprint density at radius 2 is 1.79 bits per heavy atom. The highest BCUT2D eigenvalue weighted by atomic mass is 16.5. The van der Waals surface area contributed by atoms with E-state index in [2.05, 4.69) is 22.4 Å². The lowest BCUT2D eigenvalue weighted by atomic mass is 10.1. The summed E-state index contributed by atoms with van der Waals surface area (Å²) in [5.74, 6) is 1.32. The van der Waals surface area contributed by atoms with E-state index in [0.717, 1.165) is 35.5 Å². The lowest BCUT2D eigenvalue weighted by Gasteiger charge is -2.10. The molecule has 29 heavy (non-hydrogen) atoms. The molecule has 6 nitrogen and oxygen atoms in total. The highest BCUT2D eigenvalue weighted by Crippen LogP contribution is 2.29. The third-order valence-corrected chi connectivity index (χ3v) is 4.45. The fourth-order valence-corrected chi connectivity index (χ4v) is 2.92. The third-order valence-electron chi connectivity index (χ3n) is 4.45. The summed E-state index contributed by atoms with van der Waals surface area (Å²) in [4.78, 5) is 12.6. The standard InChI is InChI=1S/C23H27N3O3/c1-3-5-14-29-22-13-9-7-11-18(22)19-15-20(26-25-19)23(27)24-16-17-10-6-8-12-21(17)28-4-2/h6-13,15H,3-5,14,16H2,1-2H3,(H,24,27)(H,25,26). The Labute approximate surface area is 171 Å². The number of ether oxygens (including phenoxy) is 2. The number of H-pyrrole nitrogens is 1. The summed E-state index contributed by atoms with van der Waals surface area (Å²) >= 11 is 0. The molecule has 0 radical (unpaired) electrons. The van der Waals surface area contributed by atoms with Gasteiger partial charge in [-0.1, -0.05) is 43.7 Å². The molecule has 0 fully saturated rings. The van der Waals surface area contributed by atoms with Gasteiger partial charge < -0.3 is 14.8 Å². The minimum Gasteiger partial charge on any atom is -0.494 e. The molecular formula is C23H27N3O3. The first-order valence-electron chi connectivity index (χ1n) is 9.99. The predicted octanol–water partition coefficient (Wildman–Crippen LogP) is 4.58. The fourth-order valence-electron chi connectivity index (χ4n) is 2.92. The summed E-state index contributed by atoms with van der Waals surface area (Å²) in [5, 5.41) is 10.0. The Balaban J connectivity index is 1.68. The van der Waals surface area contributed by atoms with Gasteiger partial charge in [-0.3, -0.25) is 9.89 Å². The van der Waals surface area contributed by atoms with Crippen LogP contribution in [0, 0.1) is 0 Å². The van der Waals surface area contributed by atoms with Crippen molar-refractivity contribution in [1.29, 1.82) is 0 Å². The zero-order chi connectivity index (χ0) is 20.5. The third kappa shape index (κ3) is 5.38. The van der Waals surface area contributed by atoms with Crippen LogP contribution in [0.3, 0.4) is 0 Å². The molecule has 0 spiro atoms. The molecule has 0 aliphatic rings. The second-order valence-electron chi connectivity index (χ2n) is 6.59. The second-order valence-corrected chi connectivity index (χ2v) is 6.59. The molecule has 0 saturated heterocycles. The van der Waals surface area contributed by atoms with Gasteiger partial charge in [-0.15, -0.1) is 0 Å². The summed E-state index contributed by atoms with van der Waals surface area (Å²) in [6.45, 7) is 5.67. The molecule has 152 valence electrons. The number of para-hydroxylation sites is 2. The Morgan fingerprint density at radius 1 is 1.03 bits per heavy atom. The summed E-state index contributed by atoms with van der Waals surface area (Å²) in [5.41, 5.74) is 2.87. The van der Waals surface area contributed by atoms with Crippen LogP contribution in [-0.2, 0) is 6.54 Å². The first kappa shape index (κ1) is 20.5. The predicted molar refractivity (Wildman–Crippen MR) is 113 cm³/mol. The first-order chi connectivity index (χ1) is 14.2. The van der Waals surface area contributed by atoms with Gasteiger partial charge in [0.05, 0.1) is 18.9 Å². The zero-order valence-electron chi connectivity index (χ0n) is 16.9. The van der Waals surface area contributed by atoms with Crippen LogP contribution in [-0.4, -0.2) is 29.3 Å². The van der Waals surface area contributed by atoms with E-state index in [1.165, 1.54) is 0 Å². The van der Waals surface area contributed by atoms with Crippen molar-refractivity contribution >= 4 is 5.91 Å². The fraction of sp³-hybridized carbons (Fsp3) is 0.304. The average Bonchev–Trinajstić information content (AvgIpc) is 3.24. The number of unbranched alkanes of at least 4 members (excludes halogenated alkanes) is 1. The molecule has 1 amide bonds. The zero-order valence-corrected chi connectivity index (χ0v) is 16.9. The van der Waals surface area contributed by atoms with Gasteiger partial charge in [0.15, 0.2) is 0 Å². The van der Waals surface area contributed by atoms with E-state index >= 15 is 0 Å². The number of aromatic amines is 1. The highest BCUT2D eigenvalue weighted by molar-refractivity contribution is 5.93. The molecule has 0 bridgehead atoms. The van der Waals surface area contributed by atoms with E-state index in [0.29, 0.717) is 31.1 Å². The van der Waals surface area contributed by atoms with Crippen molar-refractivity contribution in [2.75, 3.05) is 13.2 Å². The average molecular weight is 393 g/mol. The molecule has 1 heterocycles. The number of aromatic nitrogens is 2. The molecule has 2 N–H and O–H groups in total. The Morgan fingerprint density at radius 3 is 2.59 bits per heavy atom. The van der Waals surface area contributed by atoms with Gasteiger partial charge in [0.25, 0.3) is 5.91 Å². The van der Waals surface area contributed by atoms with E-state index in [9.17, 15) is 4.79 Å². The van der Waals surface area contributed by atoms with Gasteiger partial charge in [-0.05, 0) is 37.6 Å². The van der Waals surface area contributed by atoms with Crippen LogP contribution >= 0.6 is 0 Å². The number of rotatable bonds is 10. The monoisotopic (exact) mass is 393 g/mol. The highest BCUT2D eigenvalue weighted by Gasteiger charge is 2.14. The lowest BCUT2D eigenvalue weighted by molar-refractivity contribution is 0.0945. The molecule has 3 rings (SSSR count). The molecule has 1 aromatic heterocycles. The van der Waals surface area contributed by atoms with Crippen LogP contribution in [0.25, 0.3) is 11.3 Å². The quantitative estimate of drug-likeness (QED) is 0.494. The molecule has 6 heteroatoms. The molecule has 0 saturated carbocycles. The van der Waals surface area contributed by atoms with Crippen molar-refractivity contribution in [2.45, 2.75) is 33.2 Å². The van der Waals surface area contributed by atoms with Crippen LogP contribution in [0.5, 0.6) is 11.5 Å². The maximum Gasteiger partial charge on any atom is 0.269 e. The van der Waals surface area contributed by atoms with Crippen LogP contribution in [0.1, 0.15) is 42.7 Å². The van der Waals surface area contributed by atoms with Crippen molar-refractivity contribution in [3.63, 3.8) is 0 Å². The van der Waals surface area contributed by atoms with E-state index in [4.69, 9.17) is 9.47 Å². The molecule has 0 atom stereocenters. The molecule has 0 unspecified atom stereocenters. The lowest BCUT2D eigenvalue weighted by Crippen LogP contribution is -2.23. The summed E-state index contributed by atoms with van der Waals surface area (Å²) in [6.07, 6.45) is 2.06. The summed E-state index contributed by atoms with van der Waals surface area (Å²) < 4.78 is 11.5. The number of hydrogen-bond acceptors (Lipinski definition) is 4. The largest absolute Gasteiger partial charge is 0.494 e. The maximum absolute atomic E-state index is 12.6. The Bertz CT molecular complexity index is 936. The van der Waals surface area contributed by atoms with Gasteiger partial charge in [-0.2, -0.15) is 5.10 Å². The number of nitrogens with zero attached hydrogens (tertiary/aromatic N) is 1. The van der Waals surface area contributed by atoms with Crippen LogP contribution in [0.15, 0.2) is 54.6 Å². The van der Waals surface area contributed by atoms with E-state index < -0.39 is 0 Å². The van der Waals surface area contributed by atoms with Crippen molar-refractivity contribution in [2.24, 2.45) is 0 Å². The van der Waals surface area contributed by atoms with E-state index in [1.54, 1.807) is 6.07 Å². The maximum atomic E-state index is 12.6. The van der Waals surface area contributed by atoms with Crippen LogP contribution in [0.4, 0.5) is 0 Å². The molecule has 2 aromatic carbocycles. The van der Waals surface area contributed by atoms with Gasteiger partial charge in [0.2, 0.25) is 0 Å². The Hall–Kier alpha value is -3.28. The van der Waals surface area contributed by atoms with Gasteiger partial charge in [-0.25, -0.2) is 0 Å². The minimum absolute atomic E-state index is 0.223. The smallest absolute Gasteiger partial charge is 0.269 e. The normalized spacial score (nSPS) is 10.6. The topological polar surface area (TPSA) is 76.2 Å². The molecule has 3 aromatic rings. The Kier molecular flexibility index (Phi) is 7.28. The van der Waals surface area contributed by atoms with Crippen molar-refractivity contribution in [3.8, 4) is 22.8 Å². The molecule has 0 aliphatic heterocycles. The summed E-state index contributed by atoms with van der Waals surface area (Å²) in [7, 11) is 0. The number of hydrogen-bond donors (Lipinski definition) is 2. The number of nitrogens with one attached hydrogen (secondary N) is 2. The van der Waals surface area contributed by atoms with Gasteiger partial charge in [0, 0.05) is 17.7 Å². The van der Waals surface area contributed by atoms with Gasteiger partial charge >= 0.3 is 0 Å². The van der Waals surface area contributed by atoms with Gasteiger partial charge in [0.1, 0.15) is 17.2 Å². The minimum atomic E-state index is -0.223. The van der Waals surface area contributed by atoms with Crippen molar-refractivity contribution < 1.29 is 14.3 Å². The molecular weight excluding hydrogens is 366 g/mol. The van der Waals surface area contributed by atoms with Crippen LogP contribution in [0.2, 0.25) is 0 Å². The van der Waals surface area contributed by atoms with Crippen molar-refractivity contribution in [3.05, 3.63) is 65.9 Å². The van der Waals surface area contributed by atoms with Crippen molar-refractivity contribution in [1.82, 2.24) is 15.5 Å². The molecule has 0 aliphatic carbocycles. The van der Waals surface area contributed by atoms with E-state index in [1.807, 2.05) is 55.5 Å². The van der Waals surface area contributed by atoms with E-state index in [-0.39, 0.29) is 5.91 Å². The van der Waals surface area contributed by atoms with Crippen LogP contribution < -0.4 is 14.8 Å². The number of carbonyl (C=O) groups is 1.